The van der Waals surface area contributed by atoms with Crippen LogP contribution in [0.1, 0.15) is 134 Å². The lowest BCUT2D eigenvalue weighted by molar-refractivity contribution is -0.132. The molecule has 1 amide bonds. The van der Waals surface area contributed by atoms with E-state index in [4.69, 9.17) is 9.47 Å². The third kappa shape index (κ3) is 12.1. The molecule has 2 aromatic carbocycles. The Morgan fingerprint density at radius 1 is 0.857 bits per heavy atom. The highest BCUT2D eigenvalue weighted by atomic mass is 16.5. The third-order valence-corrected chi connectivity index (χ3v) is 8.88. The van der Waals surface area contributed by atoms with Gasteiger partial charge >= 0.3 is 5.97 Å². The number of aromatic nitrogens is 4. The molecule has 2 aromatic heterocycles. The summed E-state index contributed by atoms with van der Waals surface area (Å²) in [6, 6.07) is 15.5. The normalized spacial score (nSPS) is 12.3. The highest BCUT2D eigenvalue weighted by molar-refractivity contribution is 5.94. The molecule has 9 nitrogen and oxygen atoms in total. The summed E-state index contributed by atoms with van der Waals surface area (Å²) in [5.74, 6) is 1.49. The number of nitrogens with one attached hydrogen (secondary N) is 2. The molecule has 0 radical (unpaired) electrons. The number of hydrogen-bond acceptors (Lipinski definition) is 6. The van der Waals surface area contributed by atoms with Crippen LogP contribution in [0.5, 0.6) is 11.5 Å². The van der Waals surface area contributed by atoms with Crippen molar-refractivity contribution in [3.63, 3.8) is 0 Å². The zero-order valence-corrected chi connectivity index (χ0v) is 30.6. The monoisotopic (exact) mass is 671 g/mol. The van der Waals surface area contributed by atoms with E-state index in [0.29, 0.717) is 17.9 Å². The Hall–Kier alpha value is -4.14. The first-order valence-electron chi connectivity index (χ1n) is 18.3. The average molecular weight is 672 g/mol. The maximum absolute atomic E-state index is 13.7. The smallest absolute Gasteiger partial charge is 0.308 e. The Bertz CT molecular complexity index is 1620. The number of H-pyrrole nitrogens is 1. The molecule has 0 aliphatic heterocycles. The summed E-state index contributed by atoms with van der Waals surface area (Å²) in [6.45, 7) is 11.8. The van der Waals surface area contributed by atoms with Crippen molar-refractivity contribution in [2.24, 2.45) is 0 Å². The maximum Gasteiger partial charge on any atom is 0.308 e. The number of esters is 1. The summed E-state index contributed by atoms with van der Waals surface area (Å²) in [5.41, 5.74) is 4.41. The van der Waals surface area contributed by atoms with Crippen molar-refractivity contribution in [3.05, 3.63) is 71.2 Å². The molecule has 0 bridgehead atoms. The van der Waals surface area contributed by atoms with Crippen LogP contribution in [0.25, 0.3) is 5.65 Å². The van der Waals surface area contributed by atoms with Crippen LogP contribution in [0, 0.1) is 6.92 Å². The predicted molar refractivity (Wildman–Crippen MR) is 196 cm³/mol. The quantitative estimate of drug-likeness (QED) is 0.0550. The summed E-state index contributed by atoms with van der Waals surface area (Å²) in [6.07, 6.45) is 14.9. The van der Waals surface area contributed by atoms with Gasteiger partial charge in [0.15, 0.2) is 17.6 Å². The molecule has 2 heterocycles. The second-order valence-corrected chi connectivity index (χ2v) is 14.4. The molecule has 2 N–H and O–H groups in total. The number of nitrogens with zero attached hydrogens (tertiary/aromatic N) is 3. The van der Waals surface area contributed by atoms with Crippen molar-refractivity contribution < 1.29 is 19.1 Å². The van der Waals surface area contributed by atoms with Gasteiger partial charge in [0.2, 0.25) is 0 Å². The third-order valence-electron chi connectivity index (χ3n) is 8.88. The van der Waals surface area contributed by atoms with Gasteiger partial charge in [-0.2, -0.15) is 0 Å². The van der Waals surface area contributed by atoms with Gasteiger partial charge in [0.25, 0.3) is 5.91 Å². The number of amides is 1. The maximum atomic E-state index is 13.7. The largest absolute Gasteiger partial charge is 0.481 e. The minimum absolute atomic E-state index is 0.165. The van der Waals surface area contributed by atoms with E-state index < -0.39 is 6.10 Å². The number of rotatable bonds is 20. The highest BCUT2D eigenvalue weighted by Crippen LogP contribution is 2.35. The molecule has 0 aliphatic rings. The van der Waals surface area contributed by atoms with Crippen molar-refractivity contribution in [2.75, 3.05) is 5.32 Å². The van der Waals surface area contributed by atoms with E-state index in [1.54, 1.807) is 12.1 Å². The van der Waals surface area contributed by atoms with Gasteiger partial charge in [-0.05, 0) is 73.9 Å². The minimum atomic E-state index is -0.655. The van der Waals surface area contributed by atoms with Crippen molar-refractivity contribution in [3.8, 4) is 11.5 Å². The Morgan fingerprint density at radius 3 is 2.18 bits per heavy atom. The lowest BCUT2D eigenvalue weighted by Gasteiger charge is -2.24. The van der Waals surface area contributed by atoms with E-state index >= 15 is 0 Å². The first-order chi connectivity index (χ1) is 23.5. The second kappa shape index (κ2) is 18.6. The summed E-state index contributed by atoms with van der Waals surface area (Å²) in [4.78, 5) is 25.4. The molecule has 49 heavy (non-hydrogen) atoms. The fraction of sp³-hybridized carbons (Fsp3) is 0.550. The van der Waals surface area contributed by atoms with Crippen LogP contribution in [-0.2, 0) is 27.8 Å². The van der Waals surface area contributed by atoms with E-state index in [-0.39, 0.29) is 17.3 Å². The molecule has 0 fully saturated rings. The number of carbonyl (C=O) groups is 2. The zero-order valence-electron chi connectivity index (χ0n) is 30.6. The van der Waals surface area contributed by atoms with Crippen molar-refractivity contribution in [2.45, 2.75) is 143 Å². The lowest BCUT2D eigenvalue weighted by Crippen LogP contribution is -2.33. The standard InChI is InChI=1S/C40H57N5O4/c1-7-8-9-10-11-12-13-14-15-16-19-36(49-33-25-26-35(48-30(3)46)34(28-33)40(4,5)6)39(47)41-32-23-21-31(22-24-32)18-17-20-37-42-43-38-27-29(2)44-45(37)38/h21-28,36,44H,7-20H2,1-6H3,(H,41,47). The first-order valence-corrected chi connectivity index (χ1v) is 18.3. The summed E-state index contributed by atoms with van der Waals surface area (Å²) in [5, 5.41) is 14.9. The number of aryl methyl sites for hydroxylation is 3. The topological polar surface area (TPSA) is 111 Å². The summed E-state index contributed by atoms with van der Waals surface area (Å²) >= 11 is 0. The van der Waals surface area contributed by atoms with Crippen molar-refractivity contribution in [1.29, 1.82) is 0 Å². The number of unbranched alkanes of at least 4 members (excludes halogenated alkanes) is 9. The molecule has 9 heteroatoms. The summed E-state index contributed by atoms with van der Waals surface area (Å²) < 4.78 is 13.8. The van der Waals surface area contributed by atoms with Crippen LogP contribution in [-0.4, -0.2) is 37.8 Å². The van der Waals surface area contributed by atoms with Crippen LogP contribution in [0.3, 0.4) is 0 Å². The van der Waals surface area contributed by atoms with E-state index in [1.807, 2.05) is 35.7 Å². The van der Waals surface area contributed by atoms with Crippen LogP contribution in [0.15, 0.2) is 48.5 Å². The molecule has 4 rings (SSSR count). The number of ether oxygens (including phenoxy) is 2. The SMILES string of the molecule is CCCCCCCCCCCCC(Oc1ccc(OC(C)=O)c(C(C)(C)C)c1)C(=O)Nc1ccc(CCCc2nnc3cc(C)[nH]n23)cc1. The van der Waals surface area contributed by atoms with Crippen LogP contribution in [0.4, 0.5) is 5.69 Å². The van der Waals surface area contributed by atoms with Gasteiger partial charge in [-0.25, -0.2) is 4.52 Å². The van der Waals surface area contributed by atoms with E-state index in [1.165, 1.54) is 63.9 Å². The van der Waals surface area contributed by atoms with Gasteiger partial charge in [0, 0.05) is 36.4 Å². The molecular weight excluding hydrogens is 614 g/mol. The number of hydrogen-bond donors (Lipinski definition) is 2. The van der Waals surface area contributed by atoms with Gasteiger partial charge in [-0.3, -0.25) is 14.7 Å². The number of benzene rings is 2. The molecule has 4 aromatic rings. The van der Waals surface area contributed by atoms with Gasteiger partial charge in [0.1, 0.15) is 11.5 Å². The Labute approximate surface area is 292 Å². The van der Waals surface area contributed by atoms with E-state index in [2.05, 4.69) is 60.4 Å². The average Bonchev–Trinajstić information content (AvgIpc) is 3.61. The number of aromatic amines is 1. The highest BCUT2D eigenvalue weighted by Gasteiger charge is 2.24. The van der Waals surface area contributed by atoms with Crippen LogP contribution >= 0.6 is 0 Å². The van der Waals surface area contributed by atoms with Gasteiger partial charge < -0.3 is 14.8 Å². The molecule has 0 aliphatic carbocycles. The fourth-order valence-electron chi connectivity index (χ4n) is 6.18. The second-order valence-electron chi connectivity index (χ2n) is 14.4. The number of anilines is 1. The number of fused-ring (bicyclic) bond motifs is 1. The van der Waals surface area contributed by atoms with Gasteiger partial charge in [-0.1, -0.05) is 97.6 Å². The first kappa shape index (κ1) is 37.7. The molecule has 1 atom stereocenters. The predicted octanol–water partition coefficient (Wildman–Crippen LogP) is 9.46. The summed E-state index contributed by atoms with van der Waals surface area (Å²) in [7, 11) is 0. The van der Waals surface area contributed by atoms with Gasteiger partial charge in [-0.15, -0.1) is 10.2 Å². The van der Waals surface area contributed by atoms with E-state index in [9.17, 15) is 9.59 Å². The van der Waals surface area contributed by atoms with Crippen molar-refractivity contribution in [1.82, 2.24) is 19.8 Å². The molecule has 0 saturated carbocycles. The Balaban J connectivity index is 1.35. The molecule has 1 unspecified atom stereocenters. The van der Waals surface area contributed by atoms with Crippen molar-refractivity contribution >= 4 is 23.2 Å². The number of carbonyl (C=O) groups excluding carboxylic acids is 2. The van der Waals surface area contributed by atoms with Crippen LogP contribution in [0.2, 0.25) is 0 Å². The Morgan fingerprint density at radius 2 is 1.53 bits per heavy atom. The Kier molecular flexibility index (Phi) is 14.3. The molecule has 0 spiro atoms. The fourth-order valence-corrected chi connectivity index (χ4v) is 6.18. The van der Waals surface area contributed by atoms with E-state index in [0.717, 1.165) is 60.5 Å². The zero-order chi connectivity index (χ0) is 35.2. The minimum Gasteiger partial charge on any atom is -0.481 e. The molecule has 0 saturated heterocycles. The molecular formula is C40H57N5O4. The lowest BCUT2D eigenvalue weighted by atomic mass is 9.86. The van der Waals surface area contributed by atoms with Gasteiger partial charge in [0.05, 0.1) is 0 Å². The molecule has 266 valence electrons. The van der Waals surface area contributed by atoms with Crippen LogP contribution < -0.4 is 14.8 Å².